The summed E-state index contributed by atoms with van der Waals surface area (Å²) in [6.07, 6.45) is 11.9. The molecule has 192 valence electrons. The lowest BCUT2D eigenvalue weighted by atomic mass is 9.95. The van der Waals surface area contributed by atoms with Crippen molar-refractivity contribution in [1.29, 1.82) is 0 Å². The Hall–Kier alpha value is -2.68. The fraction of sp³-hybridized carbons (Fsp3) is 0.593. The van der Waals surface area contributed by atoms with Crippen LogP contribution >= 0.6 is 11.8 Å². The molecule has 4 aliphatic rings. The average molecular weight is 510 g/mol. The van der Waals surface area contributed by atoms with Gasteiger partial charge in [0.1, 0.15) is 11.9 Å². The first-order valence-corrected chi connectivity index (χ1v) is 14.4. The Morgan fingerprint density at radius 3 is 2.25 bits per heavy atom. The zero-order valence-corrected chi connectivity index (χ0v) is 21.5. The van der Waals surface area contributed by atoms with Crippen LogP contribution in [-0.4, -0.2) is 57.5 Å². The molecule has 2 aliphatic heterocycles. The number of amides is 3. The van der Waals surface area contributed by atoms with E-state index in [9.17, 15) is 14.4 Å². The molecule has 1 aromatic rings. The summed E-state index contributed by atoms with van der Waals surface area (Å²) in [7, 11) is 0. The second-order valence-corrected chi connectivity index (χ2v) is 11.1. The van der Waals surface area contributed by atoms with Gasteiger partial charge in [-0.15, -0.1) is 0 Å². The summed E-state index contributed by atoms with van der Waals surface area (Å²) in [5.41, 5.74) is 1.54. The second kappa shape index (κ2) is 11.6. The molecular formula is C27H35N5O3S. The number of carbonyl (C=O) groups is 3. The van der Waals surface area contributed by atoms with Gasteiger partial charge in [0, 0.05) is 24.1 Å². The average Bonchev–Trinajstić information content (AvgIpc) is 3.24. The van der Waals surface area contributed by atoms with Gasteiger partial charge in [0.15, 0.2) is 5.17 Å². The smallest absolute Gasteiger partial charge is 0.259 e. The Balaban J connectivity index is 1.23. The number of nitrogens with one attached hydrogen (secondary N) is 2. The van der Waals surface area contributed by atoms with Crippen molar-refractivity contribution in [1.82, 2.24) is 15.5 Å². The molecule has 2 N–H and O–H groups in total. The number of fused-ring (bicyclic) bond motifs is 3. The van der Waals surface area contributed by atoms with E-state index in [0.717, 1.165) is 62.6 Å². The molecule has 1 aromatic carbocycles. The molecule has 0 unspecified atom stereocenters. The molecule has 2 heterocycles. The number of amidine groups is 2. The maximum Gasteiger partial charge on any atom is 0.259 e. The number of hydrogen-bond acceptors (Lipinski definition) is 6. The maximum atomic E-state index is 13.4. The van der Waals surface area contributed by atoms with Crippen molar-refractivity contribution in [2.75, 3.05) is 5.75 Å². The largest absolute Gasteiger partial charge is 0.353 e. The van der Waals surface area contributed by atoms with Crippen molar-refractivity contribution in [3.8, 4) is 0 Å². The molecule has 0 radical (unpaired) electrons. The lowest BCUT2D eigenvalue weighted by Gasteiger charge is -2.26. The molecule has 9 heteroatoms. The van der Waals surface area contributed by atoms with Crippen LogP contribution in [0.5, 0.6) is 0 Å². The van der Waals surface area contributed by atoms with E-state index in [1.165, 1.54) is 24.6 Å². The van der Waals surface area contributed by atoms with E-state index in [-0.39, 0.29) is 42.0 Å². The highest BCUT2D eigenvalue weighted by molar-refractivity contribution is 8.14. The van der Waals surface area contributed by atoms with Crippen LogP contribution in [0.25, 0.3) is 0 Å². The SMILES string of the molecule is O=C(CC[C@H]1N=C2c3ccccc3N=C(SCC(=O)NC3CCCCC3)N2C1=O)NC1CCCCC1. The third-order valence-electron chi connectivity index (χ3n) is 7.47. The number of aliphatic imine (C=N–C) groups is 2. The summed E-state index contributed by atoms with van der Waals surface area (Å²) in [5, 5.41) is 6.73. The Labute approximate surface area is 216 Å². The van der Waals surface area contributed by atoms with Gasteiger partial charge in [0.2, 0.25) is 11.8 Å². The molecule has 5 rings (SSSR count). The van der Waals surface area contributed by atoms with Crippen molar-refractivity contribution in [3.05, 3.63) is 29.8 Å². The fourth-order valence-corrected chi connectivity index (χ4v) is 6.36. The number of nitrogens with zero attached hydrogens (tertiary/aromatic N) is 3. The first-order chi connectivity index (χ1) is 17.6. The number of thioether (sulfide) groups is 1. The van der Waals surface area contributed by atoms with E-state index in [4.69, 9.17) is 9.98 Å². The topological polar surface area (TPSA) is 103 Å². The van der Waals surface area contributed by atoms with Crippen molar-refractivity contribution >= 4 is 46.2 Å². The van der Waals surface area contributed by atoms with Gasteiger partial charge in [-0.1, -0.05) is 62.4 Å². The van der Waals surface area contributed by atoms with Gasteiger partial charge in [0.25, 0.3) is 5.91 Å². The zero-order valence-electron chi connectivity index (χ0n) is 20.7. The predicted octanol–water partition coefficient (Wildman–Crippen LogP) is 4.06. The molecule has 2 saturated carbocycles. The minimum atomic E-state index is -0.620. The molecule has 0 aromatic heterocycles. The molecule has 36 heavy (non-hydrogen) atoms. The van der Waals surface area contributed by atoms with Gasteiger partial charge in [0.05, 0.1) is 11.4 Å². The summed E-state index contributed by atoms with van der Waals surface area (Å²) in [6, 6.07) is 7.49. The maximum absolute atomic E-state index is 13.4. The highest BCUT2D eigenvalue weighted by Crippen LogP contribution is 2.34. The number of benzene rings is 1. The van der Waals surface area contributed by atoms with Crippen LogP contribution in [-0.2, 0) is 14.4 Å². The van der Waals surface area contributed by atoms with Crippen LogP contribution in [0, 0.1) is 0 Å². The highest BCUT2D eigenvalue weighted by Gasteiger charge is 2.41. The minimum absolute atomic E-state index is 0.0113. The summed E-state index contributed by atoms with van der Waals surface area (Å²) in [5.74, 6) is 0.544. The van der Waals surface area contributed by atoms with Gasteiger partial charge in [-0.05, 0) is 44.2 Å². The molecule has 0 saturated heterocycles. The van der Waals surface area contributed by atoms with Crippen LogP contribution in [0.4, 0.5) is 5.69 Å². The summed E-state index contributed by atoms with van der Waals surface area (Å²) in [6.45, 7) is 0. The second-order valence-electron chi connectivity index (χ2n) is 10.2. The first kappa shape index (κ1) is 25.0. The van der Waals surface area contributed by atoms with Crippen molar-refractivity contribution < 1.29 is 14.4 Å². The van der Waals surface area contributed by atoms with E-state index in [1.54, 1.807) is 4.90 Å². The fourth-order valence-electron chi connectivity index (χ4n) is 5.55. The van der Waals surface area contributed by atoms with Gasteiger partial charge in [-0.25, -0.2) is 9.89 Å². The molecular weight excluding hydrogens is 474 g/mol. The van der Waals surface area contributed by atoms with Gasteiger partial charge < -0.3 is 10.6 Å². The van der Waals surface area contributed by atoms with Crippen molar-refractivity contribution in [3.63, 3.8) is 0 Å². The van der Waals surface area contributed by atoms with E-state index < -0.39 is 6.04 Å². The van der Waals surface area contributed by atoms with Gasteiger partial charge >= 0.3 is 0 Å². The monoisotopic (exact) mass is 509 g/mol. The van der Waals surface area contributed by atoms with Crippen LogP contribution in [0.1, 0.15) is 82.6 Å². The number of para-hydroxylation sites is 1. The normalized spacial score (nSPS) is 22.4. The number of rotatable bonds is 7. The molecule has 2 aliphatic carbocycles. The van der Waals surface area contributed by atoms with Crippen LogP contribution in [0.3, 0.4) is 0 Å². The van der Waals surface area contributed by atoms with Crippen molar-refractivity contribution in [2.24, 2.45) is 9.98 Å². The third kappa shape index (κ3) is 5.82. The summed E-state index contributed by atoms with van der Waals surface area (Å²) >= 11 is 1.27. The third-order valence-corrected chi connectivity index (χ3v) is 8.40. The van der Waals surface area contributed by atoms with E-state index in [0.29, 0.717) is 17.4 Å². The molecule has 8 nitrogen and oxygen atoms in total. The molecule has 2 fully saturated rings. The molecule has 0 spiro atoms. The van der Waals surface area contributed by atoms with Crippen molar-refractivity contribution in [2.45, 2.75) is 95.2 Å². The molecule has 3 amide bonds. The number of hydrogen-bond donors (Lipinski definition) is 2. The minimum Gasteiger partial charge on any atom is -0.353 e. The quantitative estimate of drug-likeness (QED) is 0.579. The van der Waals surface area contributed by atoms with Crippen LogP contribution in [0.2, 0.25) is 0 Å². The zero-order chi connectivity index (χ0) is 24.9. The molecule has 1 atom stereocenters. The Kier molecular flexibility index (Phi) is 8.04. The lowest BCUT2D eigenvalue weighted by molar-refractivity contribution is -0.125. The lowest BCUT2D eigenvalue weighted by Crippen LogP contribution is -2.42. The van der Waals surface area contributed by atoms with Crippen LogP contribution in [0.15, 0.2) is 34.3 Å². The highest BCUT2D eigenvalue weighted by atomic mass is 32.2. The Morgan fingerprint density at radius 1 is 0.917 bits per heavy atom. The predicted molar refractivity (Wildman–Crippen MR) is 142 cm³/mol. The summed E-state index contributed by atoms with van der Waals surface area (Å²) in [4.78, 5) is 49.6. The Bertz CT molecular complexity index is 1060. The van der Waals surface area contributed by atoms with Crippen LogP contribution < -0.4 is 10.6 Å². The van der Waals surface area contributed by atoms with E-state index in [2.05, 4.69) is 10.6 Å². The Morgan fingerprint density at radius 2 is 1.56 bits per heavy atom. The van der Waals surface area contributed by atoms with E-state index >= 15 is 0 Å². The van der Waals surface area contributed by atoms with E-state index in [1.807, 2.05) is 24.3 Å². The first-order valence-electron chi connectivity index (χ1n) is 13.4. The van der Waals surface area contributed by atoms with Gasteiger partial charge in [-0.2, -0.15) is 0 Å². The summed E-state index contributed by atoms with van der Waals surface area (Å²) < 4.78 is 0. The van der Waals surface area contributed by atoms with Gasteiger partial charge in [-0.3, -0.25) is 19.4 Å². The number of carbonyl (C=O) groups excluding carboxylic acids is 3. The molecule has 0 bridgehead atoms. The standard InChI is InChI=1S/C27H35N5O3S/c33-23(28-18-9-3-1-4-10-18)16-15-22-26(35)32-25(30-22)20-13-7-8-14-21(20)31-27(32)36-17-24(34)29-19-11-5-2-6-12-19/h7-8,13-14,18-19,22H,1-6,9-12,15-17H2,(H,28,33)(H,29,34)/t22-/m1/s1.